The standard InChI is InChI=1S/C14H13F3N2O2S2/c1-3-21-12(20)7-10-8(2)19-13(22-10)23-11-6-9(4-5-18-11)14(15,16)17/h4-6H,3,7H2,1-2H3. The molecule has 23 heavy (non-hydrogen) atoms. The van der Waals surface area contributed by atoms with Crippen LogP contribution in [0.3, 0.4) is 0 Å². The van der Waals surface area contributed by atoms with Crippen LogP contribution in [0.4, 0.5) is 13.2 Å². The van der Waals surface area contributed by atoms with Crippen molar-refractivity contribution in [2.45, 2.75) is 35.8 Å². The number of ether oxygens (including phenoxy) is 1. The van der Waals surface area contributed by atoms with Crippen LogP contribution in [0.25, 0.3) is 0 Å². The number of carbonyl (C=O) groups is 1. The van der Waals surface area contributed by atoms with Crippen LogP contribution in [0.15, 0.2) is 27.7 Å². The molecule has 124 valence electrons. The maximum absolute atomic E-state index is 12.7. The minimum atomic E-state index is -4.41. The van der Waals surface area contributed by atoms with E-state index in [9.17, 15) is 18.0 Å². The summed E-state index contributed by atoms with van der Waals surface area (Å²) in [5.41, 5.74) is -0.0902. The van der Waals surface area contributed by atoms with E-state index in [2.05, 4.69) is 9.97 Å². The van der Waals surface area contributed by atoms with E-state index in [-0.39, 0.29) is 17.4 Å². The fraction of sp³-hybridized carbons (Fsp3) is 0.357. The summed E-state index contributed by atoms with van der Waals surface area (Å²) < 4.78 is 43.5. The topological polar surface area (TPSA) is 52.1 Å². The predicted molar refractivity (Wildman–Crippen MR) is 80.6 cm³/mol. The number of halogens is 3. The Hall–Kier alpha value is -1.61. The van der Waals surface area contributed by atoms with Crippen molar-refractivity contribution in [3.05, 3.63) is 34.5 Å². The van der Waals surface area contributed by atoms with Gasteiger partial charge in [0.2, 0.25) is 0 Å². The number of hydrogen-bond acceptors (Lipinski definition) is 6. The second-order valence-electron chi connectivity index (χ2n) is 4.45. The molecule has 0 N–H and O–H groups in total. The SMILES string of the molecule is CCOC(=O)Cc1sc(Sc2cc(C(F)(F)F)ccn2)nc1C. The lowest BCUT2D eigenvalue weighted by Crippen LogP contribution is -2.07. The molecule has 2 aromatic rings. The molecule has 0 aromatic carbocycles. The molecule has 0 bridgehead atoms. The third-order valence-corrected chi connectivity index (χ3v) is 4.89. The van der Waals surface area contributed by atoms with E-state index in [0.717, 1.165) is 35.0 Å². The number of thiazole rings is 1. The Morgan fingerprint density at radius 3 is 2.83 bits per heavy atom. The molecule has 4 nitrogen and oxygen atoms in total. The van der Waals surface area contributed by atoms with Crippen molar-refractivity contribution < 1.29 is 22.7 Å². The normalized spacial score (nSPS) is 11.5. The maximum atomic E-state index is 12.7. The fourth-order valence-electron chi connectivity index (χ4n) is 1.68. The van der Waals surface area contributed by atoms with Gasteiger partial charge in [0.15, 0.2) is 4.34 Å². The number of hydrogen-bond donors (Lipinski definition) is 0. The Bertz CT molecular complexity index is 702. The summed E-state index contributed by atoms with van der Waals surface area (Å²) >= 11 is 2.29. The van der Waals surface area contributed by atoms with Gasteiger partial charge in [-0.3, -0.25) is 4.79 Å². The lowest BCUT2D eigenvalue weighted by molar-refractivity contribution is -0.142. The smallest absolute Gasteiger partial charge is 0.416 e. The third-order valence-electron chi connectivity index (χ3n) is 2.74. The van der Waals surface area contributed by atoms with Gasteiger partial charge < -0.3 is 4.74 Å². The highest BCUT2D eigenvalue weighted by molar-refractivity contribution is 8.01. The molecule has 0 fully saturated rings. The zero-order chi connectivity index (χ0) is 17.0. The summed E-state index contributed by atoms with van der Waals surface area (Å²) in [6.45, 7) is 3.76. The van der Waals surface area contributed by atoms with E-state index in [1.54, 1.807) is 13.8 Å². The summed E-state index contributed by atoms with van der Waals surface area (Å²) in [6, 6.07) is 1.90. The maximum Gasteiger partial charge on any atom is 0.416 e. The number of aryl methyl sites for hydroxylation is 1. The lowest BCUT2D eigenvalue weighted by atomic mass is 10.3. The quantitative estimate of drug-likeness (QED) is 0.749. The summed E-state index contributed by atoms with van der Waals surface area (Å²) in [7, 11) is 0. The molecule has 0 atom stereocenters. The zero-order valence-corrected chi connectivity index (χ0v) is 13.9. The van der Waals surface area contributed by atoms with E-state index in [0.29, 0.717) is 16.6 Å². The minimum Gasteiger partial charge on any atom is -0.466 e. The molecule has 2 aromatic heterocycles. The van der Waals surface area contributed by atoms with Crippen LogP contribution in [0.1, 0.15) is 23.1 Å². The summed E-state index contributed by atoms with van der Waals surface area (Å²) in [5.74, 6) is -0.354. The first kappa shape index (κ1) is 17.7. The molecule has 0 amide bonds. The third kappa shape index (κ3) is 4.93. The largest absolute Gasteiger partial charge is 0.466 e. The van der Waals surface area contributed by atoms with Gasteiger partial charge in [0.1, 0.15) is 5.03 Å². The van der Waals surface area contributed by atoms with Gasteiger partial charge in [0, 0.05) is 11.1 Å². The van der Waals surface area contributed by atoms with Crippen LogP contribution in [-0.4, -0.2) is 22.5 Å². The molecule has 2 rings (SSSR count). The number of alkyl halides is 3. The van der Waals surface area contributed by atoms with Gasteiger partial charge >= 0.3 is 12.1 Å². The van der Waals surface area contributed by atoms with Crippen molar-refractivity contribution >= 4 is 29.1 Å². The molecule has 0 saturated heterocycles. The van der Waals surface area contributed by atoms with E-state index in [1.807, 2.05) is 0 Å². The van der Waals surface area contributed by atoms with Crippen LogP contribution in [0, 0.1) is 6.92 Å². The number of rotatable bonds is 5. The van der Waals surface area contributed by atoms with Crippen molar-refractivity contribution in [3.8, 4) is 0 Å². The zero-order valence-electron chi connectivity index (χ0n) is 12.3. The monoisotopic (exact) mass is 362 g/mol. The van der Waals surface area contributed by atoms with Crippen LogP contribution in [-0.2, 0) is 22.1 Å². The number of carbonyl (C=O) groups excluding carboxylic acids is 1. The van der Waals surface area contributed by atoms with Gasteiger partial charge in [-0.05, 0) is 37.7 Å². The lowest BCUT2D eigenvalue weighted by Gasteiger charge is -2.06. The molecule has 0 radical (unpaired) electrons. The van der Waals surface area contributed by atoms with Crippen molar-refractivity contribution in [2.24, 2.45) is 0 Å². The van der Waals surface area contributed by atoms with Crippen molar-refractivity contribution in [1.82, 2.24) is 9.97 Å². The summed E-state index contributed by atoms with van der Waals surface area (Å²) in [4.78, 5) is 20.4. The van der Waals surface area contributed by atoms with Gasteiger partial charge in [0.25, 0.3) is 0 Å². The van der Waals surface area contributed by atoms with Crippen molar-refractivity contribution in [3.63, 3.8) is 0 Å². The average Bonchev–Trinajstić information content (AvgIpc) is 2.78. The Balaban J connectivity index is 2.14. The molecule has 0 saturated carbocycles. The number of nitrogens with zero attached hydrogens (tertiary/aromatic N) is 2. The molecule has 0 aliphatic rings. The Kier molecular flexibility index (Phi) is 5.64. The first-order valence-corrected chi connectivity index (χ1v) is 8.26. The molecule has 9 heteroatoms. The second-order valence-corrected chi connectivity index (χ2v) is 6.80. The van der Waals surface area contributed by atoms with Crippen LogP contribution >= 0.6 is 23.1 Å². The van der Waals surface area contributed by atoms with Crippen LogP contribution in [0.2, 0.25) is 0 Å². The Labute approximate surface area is 139 Å². The average molecular weight is 362 g/mol. The Morgan fingerprint density at radius 1 is 1.43 bits per heavy atom. The van der Waals surface area contributed by atoms with E-state index < -0.39 is 11.7 Å². The van der Waals surface area contributed by atoms with Crippen molar-refractivity contribution in [1.29, 1.82) is 0 Å². The van der Waals surface area contributed by atoms with Gasteiger partial charge in [0.05, 0.1) is 24.3 Å². The summed E-state index contributed by atoms with van der Waals surface area (Å²) in [5, 5.41) is 0.205. The number of aromatic nitrogens is 2. The van der Waals surface area contributed by atoms with E-state index in [1.165, 1.54) is 11.3 Å². The molecule has 0 unspecified atom stereocenters. The van der Waals surface area contributed by atoms with Crippen LogP contribution in [0.5, 0.6) is 0 Å². The molecule has 0 aliphatic carbocycles. The molecular weight excluding hydrogens is 349 g/mol. The molecule has 0 aliphatic heterocycles. The van der Waals surface area contributed by atoms with Crippen LogP contribution < -0.4 is 0 Å². The fourth-order valence-corrected chi connectivity index (χ4v) is 3.85. The molecular formula is C14H13F3N2O2S2. The Morgan fingerprint density at radius 2 is 2.17 bits per heavy atom. The number of pyridine rings is 1. The predicted octanol–water partition coefficient (Wildman–Crippen LogP) is 4.12. The van der Waals surface area contributed by atoms with Crippen molar-refractivity contribution in [2.75, 3.05) is 6.61 Å². The first-order valence-electron chi connectivity index (χ1n) is 6.62. The van der Waals surface area contributed by atoms with Gasteiger partial charge in [-0.25, -0.2) is 9.97 Å². The molecule has 2 heterocycles. The van der Waals surface area contributed by atoms with E-state index in [4.69, 9.17) is 4.74 Å². The van der Waals surface area contributed by atoms with Gasteiger partial charge in [-0.1, -0.05) is 0 Å². The highest BCUT2D eigenvalue weighted by atomic mass is 32.2. The van der Waals surface area contributed by atoms with Gasteiger partial charge in [-0.15, -0.1) is 11.3 Å². The highest BCUT2D eigenvalue weighted by Crippen LogP contribution is 2.35. The van der Waals surface area contributed by atoms with Gasteiger partial charge in [-0.2, -0.15) is 13.2 Å². The number of esters is 1. The highest BCUT2D eigenvalue weighted by Gasteiger charge is 2.30. The summed E-state index contributed by atoms with van der Waals surface area (Å²) in [6.07, 6.45) is -3.19. The molecule has 0 spiro atoms. The second kappa shape index (κ2) is 7.31. The first-order chi connectivity index (χ1) is 10.8. The van der Waals surface area contributed by atoms with E-state index >= 15 is 0 Å². The minimum absolute atomic E-state index is 0.105.